The van der Waals surface area contributed by atoms with Crippen molar-refractivity contribution in [1.29, 1.82) is 0 Å². The average Bonchev–Trinajstić information content (AvgIpc) is 2.45. The highest BCUT2D eigenvalue weighted by molar-refractivity contribution is 5.91. The van der Waals surface area contributed by atoms with Gasteiger partial charge in [-0.15, -0.1) is 0 Å². The molecule has 0 aliphatic rings. The number of nitrogens with zero attached hydrogens (tertiary/aromatic N) is 3. The van der Waals surface area contributed by atoms with Crippen LogP contribution in [0.25, 0.3) is 0 Å². The van der Waals surface area contributed by atoms with Gasteiger partial charge >= 0.3 is 0 Å². The van der Waals surface area contributed by atoms with Gasteiger partial charge in [-0.2, -0.15) is 5.10 Å². The normalized spacial score (nSPS) is 10.1. The summed E-state index contributed by atoms with van der Waals surface area (Å²) in [6.07, 6.45) is 1.70. The van der Waals surface area contributed by atoms with Gasteiger partial charge in [0.05, 0.1) is 0 Å². The molecule has 20 heavy (non-hydrogen) atoms. The van der Waals surface area contributed by atoms with Crippen LogP contribution in [0.3, 0.4) is 0 Å². The van der Waals surface area contributed by atoms with Crippen molar-refractivity contribution in [3.05, 3.63) is 52.1 Å². The van der Waals surface area contributed by atoms with Crippen molar-refractivity contribution < 1.29 is 4.79 Å². The average molecular weight is 273 g/mol. The highest BCUT2D eigenvalue weighted by Gasteiger charge is 2.10. The molecule has 0 saturated heterocycles. The second kappa shape index (κ2) is 5.96. The van der Waals surface area contributed by atoms with Crippen LogP contribution in [0, 0.1) is 0 Å². The van der Waals surface area contributed by atoms with Crippen molar-refractivity contribution in [1.82, 2.24) is 20.5 Å². The number of carbonyl (C=O) groups is 1. The molecular weight excluding hydrogens is 258 g/mol. The highest BCUT2D eigenvalue weighted by Crippen LogP contribution is 2.13. The molecule has 0 radical (unpaired) electrons. The number of aromatic amines is 1. The van der Waals surface area contributed by atoms with E-state index >= 15 is 0 Å². The Morgan fingerprint density at radius 3 is 2.80 bits per heavy atom. The molecule has 2 rings (SSSR count). The minimum atomic E-state index is -0.352. The molecule has 7 nitrogen and oxygen atoms in total. The van der Waals surface area contributed by atoms with Gasteiger partial charge in [-0.3, -0.25) is 9.59 Å². The zero-order chi connectivity index (χ0) is 14.5. The predicted molar refractivity (Wildman–Crippen MR) is 74.6 cm³/mol. The van der Waals surface area contributed by atoms with Gasteiger partial charge in [-0.25, -0.2) is 10.1 Å². The van der Waals surface area contributed by atoms with Crippen LogP contribution in [0.5, 0.6) is 0 Å². The van der Waals surface area contributed by atoms with E-state index in [1.165, 1.54) is 12.1 Å². The van der Waals surface area contributed by atoms with Crippen molar-refractivity contribution in [2.75, 3.05) is 19.0 Å². The van der Waals surface area contributed by atoms with Crippen LogP contribution in [0.15, 0.2) is 35.3 Å². The Kier molecular flexibility index (Phi) is 4.09. The lowest BCUT2D eigenvalue weighted by Gasteiger charge is -2.15. The Morgan fingerprint density at radius 2 is 2.15 bits per heavy atom. The number of nitrogens with one attached hydrogen (secondary N) is 2. The van der Waals surface area contributed by atoms with E-state index in [1.54, 1.807) is 6.20 Å². The van der Waals surface area contributed by atoms with E-state index < -0.39 is 0 Å². The number of hydrogen-bond donors (Lipinski definition) is 2. The molecule has 0 unspecified atom stereocenters. The van der Waals surface area contributed by atoms with E-state index in [0.29, 0.717) is 6.54 Å². The summed E-state index contributed by atoms with van der Waals surface area (Å²) in [6, 6.07) is 6.34. The largest absolute Gasteiger partial charge is 0.362 e. The van der Waals surface area contributed by atoms with E-state index in [1.807, 2.05) is 31.1 Å². The molecule has 0 aromatic carbocycles. The molecule has 0 saturated carbocycles. The fraction of sp³-hybridized carbons (Fsp3) is 0.231. The van der Waals surface area contributed by atoms with Gasteiger partial charge in [-0.05, 0) is 12.1 Å². The Labute approximate surface area is 115 Å². The lowest BCUT2D eigenvalue weighted by molar-refractivity contribution is 0.0945. The SMILES string of the molecule is CN(C)c1ncccc1CNC(=O)c1ccc(=O)[nH]n1. The van der Waals surface area contributed by atoms with Crippen LogP contribution in [0.2, 0.25) is 0 Å². The molecule has 2 heterocycles. The van der Waals surface area contributed by atoms with Gasteiger partial charge < -0.3 is 10.2 Å². The first-order valence-corrected chi connectivity index (χ1v) is 6.03. The number of carbonyl (C=O) groups excluding carboxylic acids is 1. The van der Waals surface area contributed by atoms with Crippen molar-refractivity contribution in [2.45, 2.75) is 6.54 Å². The molecule has 104 valence electrons. The van der Waals surface area contributed by atoms with Gasteiger partial charge in [0, 0.05) is 38.5 Å². The second-order valence-electron chi connectivity index (χ2n) is 4.37. The summed E-state index contributed by atoms with van der Waals surface area (Å²) < 4.78 is 0. The van der Waals surface area contributed by atoms with Crippen molar-refractivity contribution in [2.24, 2.45) is 0 Å². The first-order chi connectivity index (χ1) is 9.58. The monoisotopic (exact) mass is 273 g/mol. The zero-order valence-corrected chi connectivity index (χ0v) is 11.3. The Morgan fingerprint density at radius 1 is 1.35 bits per heavy atom. The molecule has 0 aliphatic carbocycles. The molecule has 0 atom stereocenters. The number of H-pyrrole nitrogens is 1. The van der Waals surface area contributed by atoms with Crippen LogP contribution < -0.4 is 15.8 Å². The number of amides is 1. The Balaban J connectivity index is 2.07. The van der Waals surface area contributed by atoms with Gasteiger partial charge in [0.15, 0.2) is 0 Å². The van der Waals surface area contributed by atoms with E-state index in [0.717, 1.165) is 11.4 Å². The molecule has 2 aromatic rings. The smallest absolute Gasteiger partial charge is 0.271 e. The summed E-state index contributed by atoms with van der Waals surface area (Å²) in [4.78, 5) is 28.9. The maximum Gasteiger partial charge on any atom is 0.271 e. The van der Waals surface area contributed by atoms with Gasteiger partial charge in [0.1, 0.15) is 11.5 Å². The maximum atomic E-state index is 11.9. The molecule has 0 spiro atoms. The maximum absolute atomic E-state index is 11.9. The van der Waals surface area contributed by atoms with Crippen molar-refractivity contribution in [3.8, 4) is 0 Å². The quantitative estimate of drug-likeness (QED) is 0.828. The van der Waals surface area contributed by atoms with E-state index in [9.17, 15) is 9.59 Å². The van der Waals surface area contributed by atoms with Crippen LogP contribution >= 0.6 is 0 Å². The number of aromatic nitrogens is 3. The number of pyridine rings is 1. The summed E-state index contributed by atoms with van der Waals surface area (Å²) in [6.45, 7) is 0.334. The summed E-state index contributed by atoms with van der Waals surface area (Å²) in [7, 11) is 3.77. The van der Waals surface area contributed by atoms with E-state index in [-0.39, 0.29) is 17.2 Å². The molecule has 0 fully saturated rings. The highest BCUT2D eigenvalue weighted by atomic mass is 16.2. The van der Waals surface area contributed by atoms with Crippen LogP contribution in [0.4, 0.5) is 5.82 Å². The van der Waals surface area contributed by atoms with Crippen molar-refractivity contribution >= 4 is 11.7 Å². The molecule has 2 N–H and O–H groups in total. The first kappa shape index (κ1) is 13.7. The fourth-order valence-corrected chi connectivity index (χ4v) is 1.71. The van der Waals surface area contributed by atoms with Gasteiger partial charge in [0.2, 0.25) is 0 Å². The molecule has 2 aromatic heterocycles. The topological polar surface area (TPSA) is 91.0 Å². The lowest BCUT2D eigenvalue weighted by atomic mass is 10.2. The van der Waals surface area contributed by atoms with Crippen molar-refractivity contribution in [3.63, 3.8) is 0 Å². The molecule has 0 aliphatic heterocycles. The molecule has 0 bridgehead atoms. The predicted octanol–water partition coefficient (Wildman–Crippen LogP) is 0.161. The van der Waals surface area contributed by atoms with Crippen LogP contribution in [-0.4, -0.2) is 35.2 Å². The van der Waals surface area contributed by atoms with E-state index in [2.05, 4.69) is 20.5 Å². The third-order valence-electron chi connectivity index (χ3n) is 2.64. The molecule has 7 heteroatoms. The zero-order valence-electron chi connectivity index (χ0n) is 11.3. The van der Waals surface area contributed by atoms with Gasteiger partial charge in [-0.1, -0.05) is 6.07 Å². The standard InChI is InChI=1S/C13H15N5O2/c1-18(2)12-9(4-3-7-14-12)8-15-13(20)10-5-6-11(19)17-16-10/h3-7H,8H2,1-2H3,(H,15,20)(H,17,19). The van der Waals surface area contributed by atoms with Gasteiger partial charge in [0.25, 0.3) is 11.5 Å². The van der Waals surface area contributed by atoms with Crippen LogP contribution in [-0.2, 0) is 6.54 Å². The van der Waals surface area contributed by atoms with E-state index in [4.69, 9.17) is 0 Å². The Bertz CT molecular complexity index is 645. The fourth-order valence-electron chi connectivity index (χ4n) is 1.71. The number of rotatable bonds is 4. The molecular formula is C13H15N5O2. The second-order valence-corrected chi connectivity index (χ2v) is 4.37. The summed E-state index contributed by atoms with van der Waals surface area (Å²) in [5.41, 5.74) is 0.721. The Hall–Kier alpha value is -2.70. The third-order valence-corrected chi connectivity index (χ3v) is 2.64. The van der Waals surface area contributed by atoms with Crippen LogP contribution in [0.1, 0.15) is 16.1 Å². The number of hydrogen-bond acceptors (Lipinski definition) is 5. The summed E-state index contributed by atoms with van der Waals surface area (Å²) >= 11 is 0. The lowest BCUT2D eigenvalue weighted by Crippen LogP contribution is -2.26. The molecule has 1 amide bonds. The minimum Gasteiger partial charge on any atom is -0.362 e. The summed E-state index contributed by atoms with van der Waals surface area (Å²) in [5, 5.41) is 8.63. The third kappa shape index (κ3) is 3.19. The first-order valence-electron chi connectivity index (χ1n) is 6.03. The minimum absolute atomic E-state index is 0.167. The summed E-state index contributed by atoms with van der Waals surface area (Å²) in [5.74, 6) is 0.442. The number of anilines is 1.